The van der Waals surface area contributed by atoms with Crippen molar-refractivity contribution in [2.75, 3.05) is 5.32 Å². The van der Waals surface area contributed by atoms with Gasteiger partial charge in [0.1, 0.15) is 4.99 Å². The topological polar surface area (TPSA) is 118 Å². The SMILES string of the molecule is NC(=O)NC(=S)C1(Cl)C=C(c2ccccc2NC(=O)c2ccco2)C=CC1(O)Cl. The molecule has 7 nitrogen and oxygen atoms in total. The largest absolute Gasteiger partial charge is 0.459 e. The van der Waals surface area contributed by atoms with Gasteiger partial charge in [-0.1, -0.05) is 48.1 Å². The molecule has 10 heteroatoms. The highest BCUT2D eigenvalue weighted by Gasteiger charge is 2.51. The van der Waals surface area contributed by atoms with Crippen LogP contribution in [0.2, 0.25) is 0 Å². The molecule has 1 heterocycles. The van der Waals surface area contributed by atoms with Crippen LogP contribution in [0.15, 0.2) is 65.3 Å². The number of aliphatic hydroxyl groups is 1. The Morgan fingerprint density at radius 1 is 1.17 bits per heavy atom. The molecule has 5 N–H and O–H groups in total. The summed E-state index contributed by atoms with van der Waals surface area (Å²) in [5.41, 5.74) is 6.63. The number of furan rings is 1. The lowest BCUT2D eigenvalue weighted by molar-refractivity contribution is 0.0996. The number of para-hydroxylation sites is 1. The molecule has 2 atom stereocenters. The van der Waals surface area contributed by atoms with Gasteiger partial charge in [-0.05, 0) is 35.9 Å². The third-order valence-corrected chi connectivity index (χ3v) is 5.79. The lowest BCUT2D eigenvalue weighted by atomic mass is 9.88. The van der Waals surface area contributed by atoms with Crippen LogP contribution in [0, 0.1) is 0 Å². The lowest BCUT2D eigenvalue weighted by Gasteiger charge is -2.37. The molecule has 0 saturated carbocycles. The van der Waals surface area contributed by atoms with Crippen LogP contribution in [0.25, 0.3) is 5.57 Å². The van der Waals surface area contributed by atoms with Gasteiger partial charge in [0.05, 0.1) is 6.26 Å². The predicted octanol–water partition coefficient (Wildman–Crippen LogP) is 3.39. The quantitative estimate of drug-likeness (QED) is 0.419. The number of primary amides is 1. The van der Waals surface area contributed by atoms with E-state index in [0.29, 0.717) is 16.8 Å². The fourth-order valence-corrected chi connectivity index (χ4v) is 3.53. The summed E-state index contributed by atoms with van der Waals surface area (Å²) in [4.78, 5) is 21.4. The molecule has 0 spiro atoms. The van der Waals surface area contributed by atoms with Crippen LogP contribution in [-0.2, 0) is 0 Å². The van der Waals surface area contributed by atoms with E-state index in [1.54, 1.807) is 30.3 Å². The standard InChI is InChI=1S/C19H15Cl2N3O4S/c20-18(16(29)24-17(22)26)10-11(7-8-19(18,21)27)12-4-1-2-5-13(12)23-15(25)14-6-3-9-28-14/h1-10,27H,(H,23,25)(H3,22,24,26,29). The second-order valence-corrected chi connectivity index (χ2v) is 7.69. The van der Waals surface area contributed by atoms with Gasteiger partial charge in [0.2, 0.25) is 0 Å². The fourth-order valence-electron chi connectivity index (χ4n) is 2.72. The van der Waals surface area contributed by atoms with Gasteiger partial charge in [0, 0.05) is 11.3 Å². The zero-order valence-electron chi connectivity index (χ0n) is 14.7. The third-order valence-electron chi connectivity index (χ3n) is 4.15. The monoisotopic (exact) mass is 451 g/mol. The van der Waals surface area contributed by atoms with Crippen LogP contribution in [-0.4, -0.2) is 32.0 Å². The molecule has 1 aliphatic carbocycles. The first-order valence-corrected chi connectivity index (χ1v) is 9.38. The molecule has 1 aromatic heterocycles. The maximum atomic E-state index is 12.4. The minimum absolute atomic E-state index is 0.140. The number of carbonyl (C=O) groups is 2. The summed E-state index contributed by atoms with van der Waals surface area (Å²) in [6, 6.07) is 9.09. The van der Waals surface area contributed by atoms with Gasteiger partial charge in [0.25, 0.3) is 5.91 Å². The molecule has 0 fully saturated rings. The van der Waals surface area contributed by atoms with Crippen LogP contribution < -0.4 is 16.4 Å². The number of urea groups is 1. The molecular formula is C19H15Cl2N3O4S. The Balaban J connectivity index is 2.00. The van der Waals surface area contributed by atoms with Crippen molar-refractivity contribution in [1.29, 1.82) is 0 Å². The predicted molar refractivity (Wildman–Crippen MR) is 115 cm³/mol. The summed E-state index contributed by atoms with van der Waals surface area (Å²) in [5, 5.41) is 13.3. The van der Waals surface area contributed by atoms with Crippen LogP contribution >= 0.6 is 35.4 Å². The van der Waals surface area contributed by atoms with Crippen molar-refractivity contribution in [1.82, 2.24) is 5.32 Å². The van der Waals surface area contributed by atoms with Crippen molar-refractivity contribution in [3.8, 4) is 0 Å². The summed E-state index contributed by atoms with van der Waals surface area (Å²) < 4.78 is 5.10. The van der Waals surface area contributed by atoms with Crippen LogP contribution in [0.1, 0.15) is 16.1 Å². The third kappa shape index (κ3) is 4.20. The minimum Gasteiger partial charge on any atom is -0.459 e. The van der Waals surface area contributed by atoms with Crippen molar-refractivity contribution >= 4 is 63.6 Å². The van der Waals surface area contributed by atoms with Crippen molar-refractivity contribution in [3.63, 3.8) is 0 Å². The van der Waals surface area contributed by atoms with Crippen LogP contribution in [0.4, 0.5) is 10.5 Å². The Hall–Kier alpha value is -2.65. The molecule has 29 heavy (non-hydrogen) atoms. The molecule has 2 aromatic rings. The molecule has 0 bridgehead atoms. The number of benzene rings is 1. The molecule has 0 radical (unpaired) electrons. The molecule has 1 aliphatic rings. The van der Waals surface area contributed by atoms with Gasteiger partial charge in [-0.25, -0.2) is 4.79 Å². The fraction of sp³-hybridized carbons (Fsp3) is 0.105. The van der Waals surface area contributed by atoms with Gasteiger partial charge in [-0.2, -0.15) is 0 Å². The highest BCUT2D eigenvalue weighted by molar-refractivity contribution is 7.80. The van der Waals surface area contributed by atoms with Crippen LogP contribution in [0.5, 0.6) is 0 Å². The summed E-state index contributed by atoms with van der Waals surface area (Å²) in [6.07, 6.45) is 5.54. The Morgan fingerprint density at radius 3 is 2.55 bits per heavy atom. The first-order chi connectivity index (χ1) is 13.6. The lowest BCUT2D eigenvalue weighted by Crippen LogP contribution is -2.56. The summed E-state index contributed by atoms with van der Waals surface area (Å²) in [7, 11) is 0. The van der Waals surface area contributed by atoms with E-state index in [1.807, 2.05) is 0 Å². The van der Waals surface area contributed by atoms with Crippen molar-refractivity contribution < 1.29 is 19.1 Å². The van der Waals surface area contributed by atoms with E-state index in [1.165, 1.54) is 30.6 Å². The van der Waals surface area contributed by atoms with E-state index in [4.69, 9.17) is 45.6 Å². The van der Waals surface area contributed by atoms with E-state index in [0.717, 1.165) is 0 Å². The number of amides is 3. The van der Waals surface area contributed by atoms with Gasteiger partial charge in [-0.3, -0.25) is 4.79 Å². The van der Waals surface area contributed by atoms with Crippen molar-refractivity contribution in [2.45, 2.75) is 9.93 Å². The maximum absolute atomic E-state index is 12.4. The van der Waals surface area contributed by atoms with Gasteiger partial charge in [0.15, 0.2) is 15.7 Å². The Labute approximate surface area is 181 Å². The first-order valence-electron chi connectivity index (χ1n) is 8.21. The van der Waals surface area contributed by atoms with E-state index in [-0.39, 0.29) is 10.7 Å². The molecule has 0 aliphatic heterocycles. The number of halogens is 2. The van der Waals surface area contributed by atoms with E-state index >= 15 is 0 Å². The number of thiocarbonyl (C=S) groups is 1. The molecule has 3 rings (SSSR count). The van der Waals surface area contributed by atoms with Gasteiger partial charge >= 0.3 is 6.03 Å². The number of carbonyl (C=O) groups excluding carboxylic acids is 2. The first kappa shape index (κ1) is 21.1. The van der Waals surface area contributed by atoms with Crippen molar-refractivity contribution in [2.24, 2.45) is 5.73 Å². The number of nitrogens with one attached hydrogen (secondary N) is 2. The number of hydrogen-bond acceptors (Lipinski definition) is 5. The Kier molecular flexibility index (Phi) is 5.81. The highest BCUT2D eigenvalue weighted by atomic mass is 35.5. The maximum Gasteiger partial charge on any atom is 0.317 e. The second kappa shape index (κ2) is 8.00. The minimum atomic E-state index is -2.12. The Bertz CT molecular complexity index is 1030. The molecule has 2 unspecified atom stereocenters. The number of hydrogen-bond donors (Lipinski definition) is 4. The summed E-state index contributed by atoms with van der Waals surface area (Å²) >= 11 is 17.8. The Morgan fingerprint density at radius 2 is 1.90 bits per heavy atom. The summed E-state index contributed by atoms with van der Waals surface area (Å²) in [6.45, 7) is 0. The van der Waals surface area contributed by atoms with Crippen molar-refractivity contribution in [3.05, 3.63) is 72.2 Å². The number of allylic oxidation sites excluding steroid dienone is 2. The van der Waals surface area contributed by atoms with E-state index < -0.39 is 21.9 Å². The zero-order chi connectivity index (χ0) is 21.2. The number of rotatable bonds is 4. The van der Waals surface area contributed by atoms with Gasteiger partial charge < -0.3 is 25.9 Å². The second-order valence-electron chi connectivity index (χ2n) is 6.11. The van der Waals surface area contributed by atoms with E-state index in [2.05, 4.69) is 10.6 Å². The number of anilines is 1. The number of alkyl halides is 2. The smallest absolute Gasteiger partial charge is 0.317 e. The average molecular weight is 452 g/mol. The molecule has 3 amide bonds. The zero-order valence-corrected chi connectivity index (χ0v) is 17.0. The average Bonchev–Trinajstić information content (AvgIpc) is 3.19. The summed E-state index contributed by atoms with van der Waals surface area (Å²) in [5.74, 6) is -0.304. The molecular weight excluding hydrogens is 437 g/mol. The molecule has 150 valence electrons. The molecule has 0 saturated heterocycles. The molecule has 1 aromatic carbocycles. The van der Waals surface area contributed by atoms with Crippen LogP contribution in [0.3, 0.4) is 0 Å². The normalized spacial score (nSPS) is 23.2. The highest BCUT2D eigenvalue weighted by Crippen LogP contribution is 2.43. The van der Waals surface area contributed by atoms with Gasteiger partial charge in [-0.15, -0.1) is 11.6 Å². The van der Waals surface area contributed by atoms with E-state index in [9.17, 15) is 14.7 Å². The number of nitrogens with two attached hydrogens (primary N) is 1.